The van der Waals surface area contributed by atoms with Gasteiger partial charge in [0.2, 0.25) is 5.30 Å². The standard InChI is InChI=1S/C18H14F6O2P/c1-10(2)27(26)14-9-4-3-6-11(14)16(25)15-12(17(19,20)21)7-5-8-13(15)18(22,23)24/h3-10H,1-2H3/q+1. The summed E-state index contributed by atoms with van der Waals surface area (Å²) in [6.45, 7) is 3.15. The molecule has 0 aromatic heterocycles. The largest absolute Gasteiger partial charge is 0.417 e. The number of hydrogen-bond donors (Lipinski definition) is 0. The maximum absolute atomic E-state index is 13.3. The average Bonchev–Trinajstić information content (AvgIpc) is 2.58. The van der Waals surface area contributed by atoms with E-state index >= 15 is 0 Å². The second kappa shape index (κ2) is 7.43. The highest BCUT2D eigenvalue weighted by Crippen LogP contribution is 2.40. The van der Waals surface area contributed by atoms with Crippen LogP contribution in [0.4, 0.5) is 26.3 Å². The molecule has 27 heavy (non-hydrogen) atoms. The summed E-state index contributed by atoms with van der Waals surface area (Å²) >= 11 is 0. The monoisotopic (exact) mass is 407 g/mol. The molecule has 2 aromatic carbocycles. The van der Waals surface area contributed by atoms with Crippen molar-refractivity contribution >= 4 is 18.9 Å². The number of hydrogen-bond acceptors (Lipinski definition) is 2. The Labute approximate surface area is 152 Å². The maximum Gasteiger partial charge on any atom is 0.417 e. The molecule has 1 atom stereocenters. The van der Waals surface area contributed by atoms with Gasteiger partial charge in [-0.25, -0.2) is 0 Å². The molecule has 0 bridgehead atoms. The van der Waals surface area contributed by atoms with Crippen LogP contribution in [0.25, 0.3) is 0 Å². The van der Waals surface area contributed by atoms with Crippen molar-refractivity contribution in [3.63, 3.8) is 0 Å². The maximum atomic E-state index is 13.3. The van der Waals surface area contributed by atoms with E-state index in [0.717, 1.165) is 6.07 Å². The summed E-state index contributed by atoms with van der Waals surface area (Å²) < 4.78 is 92.2. The molecule has 144 valence electrons. The summed E-state index contributed by atoms with van der Waals surface area (Å²) in [5.41, 5.74) is -5.74. The zero-order chi connectivity index (χ0) is 20.6. The van der Waals surface area contributed by atoms with E-state index in [4.69, 9.17) is 0 Å². The van der Waals surface area contributed by atoms with Crippen LogP contribution >= 0.6 is 7.80 Å². The zero-order valence-electron chi connectivity index (χ0n) is 14.2. The van der Waals surface area contributed by atoms with Crippen molar-refractivity contribution in [2.24, 2.45) is 0 Å². The van der Waals surface area contributed by atoms with Crippen molar-refractivity contribution in [2.45, 2.75) is 31.9 Å². The van der Waals surface area contributed by atoms with Gasteiger partial charge in [-0.15, -0.1) is 0 Å². The molecular formula is C18H14F6O2P+. The Kier molecular flexibility index (Phi) is 5.80. The lowest BCUT2D eigenvalue weighted by molar-refractivity contribution is -0.143. The SMILES string of the molecule is CC(C)[P+](=O)c1ccccc1C(=O)c1c(C(F)(F)F)cccc1C(F)(F)F. The van der Waals surface area contributed by atoms with E-state index in [-0.39, 0.29) is 5.30 Å². The zero-order valence-corrected chi connectivity index (χ0v) is 15.0. The Balaban J connectivity index is 2.80. The van der Waals surface area contributed by atoms with Gasteiger partial charge in [-0.05, 0) is 38.1 Å². The van der Waals surface area contributed by atoms with Gasteiger partial charge < -0.3 is 0 Å². The number of rotatable bonds is 4. The Morgan fingerprint density at radius 3 is 1.78 bits per heavy atom. The molecule has 0 amide bonds. The van der Waals surface area contributed by atoms with E-state index < -0.39 is 53.8 Å². The van der Waals surface area contributed by atoms with Gasteiger partial charge >= 0.3 is 20.2 Å². The lowest BCUT2D eigenvalue weighted by Crippen LogP contribution is -2.23. The normalized spacial score (nSPS) is 13.0. The van der Waals surface area contributed by atoms with E-state index in [0.29, 0.717) is 18.2 Å². The van der Waals surface area contributed by atoms with Crippen molar-refractivity contribution in [2.75, 3.05) is 0 Å². The van der Waals surface area contributed by atoms with Gasteiger partial charge in [0.15, 0.2) is 11.4 Å². The second-order valence-electron chi connectivity index (χ2n) is 5.99. The third-order valence-corrected chi connectivity index (χ3v) is 5.56. The summed E-state index contributed by atoms with van der Waals surface area (Å²) in [5.74, 6) is -1.46. The van der Waals surface area contributed by atoms with Gasteiger partial charge in [0.05, 0.1) is 16.7 Å². The van der Waals surface area contributed by atoms with Crippen LogP contribution in [-0.2, 0) is 16.9 Å². The third-order valence-electron chi connectivity index (χ3n) is 3.76. The smallest absolute Gasteiger partial charge is 0.288 e. The Bertz CT molecular complexity index is 852. The van der Waals surface area contributed by atoms with Gasteiger partial charge in [-0.2, -0.15) is 26.3 Å². The summed E-state index contributed by atoms with van der Waals surface area (Å²) in [5, 5.41) is -0.0717. The minimum Gasteiger partial charge on any atom is -0.288 e. The van der Waals surface area contributed by atoms with Crippen LogP contribution in [0, 0.1) is 0 Å². The Hall–Kier alpha value is -2.21. The third kappa shape index (κ3) is 4.38. The molecule has 9 heteroatoms. The minimum absolute atomic E-state index is 0.0717. The lowest BCUT2D eigenvalue weighted by Gasteiger charge is -2.18. The molecular weight excluding hydrogens is 393 g/mol. The molecule has 2 rings (SSSR count). The predicted octanol–water partition coefficient (Wildman–Crippen LogP) is 5.82. The highest BCUT2D eigenvalue weighted by molar-refractivity contribution is 7.54. The second-order valence-corrected chi connectivity index (χ2v) is 8.16. The molecule has 0 aliphatic carbocycles. The van der Waals surface area contributed by atoms with Crippen LogP contribution in [0.1, 0.15) is 40.9 Å². The van der Waals surface area contributed by atoms with E-state index in [1.807, 2.05) is 0 Å². The summed E-state index contributed by atoms with van der Waals surface area (Å²) in [7, 11) is -2.19. The van der Waals surface area contributed by atoms with Crippen molar-refractivity contribution in [3.8, 4) is 0 Å². The van der Waals surface area contributed by atoms with Crippen LogP contribution in [0.3, 0.4) is 0 Å². The first kappa shape index (κ1) is 21.1. The number of halogens is 6. The van der Waals surface area contributed by atoms with Crippen molar-refractivity contribution < 1.29 is 35.7 Å². The summed E-state index contributed by atoms with van der Waals surface area (Å²) in [6, 6.07) is 6.52. The molecule has 0 saturated heterocycles. The molecule has 0 spiro atoms. The molecule has 0 N–H and O–H groups in total. The van der Waals surface area contributed by atoms with Crippen molar-refractivity contribution in [1.29, 1.82) is 0 Å². The molecule has 0 aliphatic heterocycles. The van der Waals surface area contributed by atoms with Crippen LogP contribution in [0.2, 0.25) is 0 Å². The first-order valence-electron chi connectivity index (χ1n) is 7.73. The van der Waals surface area contributed by atoms with Crippen LogP contribution in [0.15, 0.2) is 42.5 Å². The fourth-order valence-electron chi connectivity index (χ4n) is 2.54. The van der Waals surface area contributed by atoms with E-state index in [2.05, 4.69) is 0 Å². The Morgan fingerprint density at radius 2 is 1.33 bits per heavy atom. The molecule has 1 unspecified atom stereocenters. The first-order valence-corrected chi connectivity index (χ1v) is 9.06. The van der Waals surface area contributed by atoms with Gasteiger partial charge in [-0.3, -0.25) is 4.79 Å². The quantitative estimate of drug-likeness (QED) is 0.364. The number of benzene rings is 2. The van der Waals surface area contributed by atoms with Gasteiger partial charge in [0, 0.05) is 5.56 Å². The highest BCUT2D eigenvalue weighted by Gasteiger charge is 2.44. The molecule has 0 radical (unpaired) electrons. The van der Waals surface area contributed by atoms with Gasteiger partial charge in [-0.1, -0.05) is 22.8 Å². The molecule has 2 nitrogen and oxygen atoms in total. The van der Waals surface area contributed by atoms with Crippen LogP contribution in [-0.4, -0.2) is 11.4 Å². The molecule has 0 heterocycles. The van der Waals surface area contributed by atoms with Crippen molar-refractivity contribution in [3.05, 3.63) is 64.7 Å². The topological polar surface area (TPSA) is 34.1 Å². The van der Waals surface area contributed by atoms with E-state index in [1.165, 1.54) is 18.2 Å². The lowest BCUT2D eigenvalue weighted by atomic mass is 9.92. The number of alkyl halides is 6. The van der Waals surface area contributed by atoms with Crippen LogP contribution in [0.5, 0.6) is 0 Å². The van der Waals surface area contributed by atoms with E-state index in [1.54, 1.807) is 13.8 Å². The highest BCUT2D eigenvalue weighted by atomic mass is 31.1. The number of carbonyl (C=O) groups is 1. The molecule has 0 saturated carbocycles. The fraction of sp³-hybridized carbons (Fsp3) is 0.278. The van der Waals surface area contributed by atoms with Crippen molar-refractivity contribution in [1.82, 2.24) is 0 Å². The molecule has 0 fully saturated rings. The average molecular weight is 407 g/mol. The number of ketones is 1. The minimum atomic E-state index is -5.17. The first-order chi connectivity index (χ1) is 12.4. The van der Waals surface area contributed by atoms with E-state index in [9.17, 15) is 35.7 Å². The fourth-order valence-corrected chi connectivity index (χ4v) is 3.74. The van der Waals surface area contributed by atoms with Gasteiger partial charge in [0.25, 0.3) is 0 Å². The predicted molar refractivity (Wildman–Crippen MR) is 88.7 cm³/mol. The number of carbonyl (C=O) groups excluding carboxylic acids is 1. The summed E-state index contributed by atoms with van der Waals surface area (Å²) in [6.07, 6.45) is -10.3. The summed E-state index contributed by atoms with van der Waals surface area (Å²) in [4.78, 5) is 12.8. The molecule has 0 aliphatic rings. The Morgan fingerprint density at radius 1 is 0.852 bits per heavy atom. The van der Waals surface area contributed by atoms with Crippen LogP contribution < -0.4 is 5.30 Å². The van der Waals surface area contributed by atoms with Gasteiger partial charge in [0.1, 0.15) is 0 Å². The molecule has 2 aromatic rings.